The second-order valence-corrected chi connectivity index (χ2v) is 5.72. The predicted octanol–water partition coefficient (Wildman–Crippen LogP) is 2.49. The Morgan fingerprint density at radius 1 is 1.38 bits per heavy atom. The van der Waals surface area contributed by atoms with Crippen molar-refractivity contribution in [3.8, 4) is 0 Å². The van der Waals surface area contributed by atoms with Crippen LogP contribution in [0.3, 0.4) is 0 Å². The van der Waals surface area contributed by atoms with Gasteiger partial charge in [-0.1, -0.05) is 0 Å². The summed E-state index contributed by atoms with van der Waals surface area (Å²) in [5, 5.41) is 0. The minimum atomic E-state index is -4.46. The molecular formula is C16H20F3N3O2. The van der Waals surface area contributed by atoms with Gasteiger partial charge < -0.3 is 9.80 Å². The molecule has 0 bridgehead atoms. The molecule has 1 aromatic heterocycles. The number of nitrogens with zero attached hydrogens (tertiary/aromatic N) is 3. The van der Waals surface area contributed by atoms with E-state index in [1.807, 2.05) is 0 Å². The van der Waals surface area contributed by atoms with Crippen LogP contribution in [0, 0.1) is 0 Å². The SMILES string of the molecule is CCN(CC(F)(F)F)C(=O)[C@@H]1CCCCN1C(=O)c1cccnc1. The number of halogens is 3. The molecule has 24 heavy (non-hydrogen) atoms. The van der Waals surface area contributed by atoms with Gasteiger partial charge in [-0.2, -0.15) is 13.2 Å². The van der Waals surface area contributed by atoms with Crippen molar-refractivity contribution in [2.75, 3.05) is 19.6 Å². The first-order valence-corrected chi connectivity index (χ1v) is 7.90. The maximum absolute atomic E-state index is 12.7. The van der Waals surface area contributed by atoms with Crippen LogP contribution in [0.15, 0.2) is 24.5 Å². The van der Waals surface area contributed by atoms with Crippen LogP contribution in [0.4, 0.5) is 13.2 Å². The molecule has 0 saturated carbocycles. The summed E-state index contributed by atoms with van der Waals surface area (Å²) in [5.41, 5.74) is 0.330. The number of hydrogen-bond donors (Lipinski definition) is 0. The molecule has 132 valence electrons. The third-order valence-corrected chi connectivity index (χ3v) is 4.02. The van der Waals surface area contributed by atoms with E-state index >= 15 is 0 Å². The van der Waals surface area contributed by atoms with Gasteiger partial charge >= 0.3 is 6.18 Å². The van der Waals surface area contributed by atoms with E-state index in [0.717, 1.165) is 11.3 Å². The first-order valence-electron chi connectivity index (χ1n) is 7.90. The van der Waals surface area contributed by atoms with Gasteiger partial charge in [0.25, 0.3) is 5.91 Å². The van der Waals surface area contributed by atoms with E-state index in [0.29, 0.717) is 24.9 Å². The molecule has 8 heteroatoms. The van der Waals surface area contributed by atoms with Crippen LogP contribution in [0.5, 0.6) is 0 Å². The van der Waals surface area contributed by atoms with Gasteiger partial charge in [0, 0.05) is 25.5 Å². The van der Waals surface area contributed by atoms with Crippen LogP contribution in [0.1, 0.15) is 36.5 Å². The first kappa shape index (κ1) is 18.2. The van der Waals surface area contributed by atoms with Crippen molar-refractivity contribution in [1.82, 2.24) is 14.8 Å². The van der Waals surface area contributed by atoms with Crippen molar-refractivity contribution in [3.63, 3.8) is 0 Å². The number of carbonyl (C=O) groups excluding carboxylic acids is 2. The molecule has 0 spiro atoms. The van der Waals surface area contributed by atoms with Crippen LogP contribution in [0.2, 0.25) is 0 Å². The van der Waals surface area contributed by atoms with E-state index < -0.39 is 24.7 Å². The average Bonchev–Trinajstić information content (AvgIpc) is 2.58. The van der Waals surface area contributed by atoms with Crippen molar-refractivity contribution >= 4 is 11.8 Å². The van der Waals surface area contributed by atoms with Crippen molar-refractivity contribution in [2.45, 2.75) is 38.4 Å². The van der Waals surface area contributed by atoms with E-state index in [4.69, 9.17) is 0 Å². The van der Waals surface area contributed by atoms with Gasteiger partial charge in [0.2, 0.25) is 5.91 Å². The van der Waals surface area contributed by atoms with Crippen LogP contribution < -0.4 is 0 Å². The lowest BCUT2D eigenvalue weighted by Crippen LogP contribution is -2.54. The molecule has 1 fully saturated rings. The van der Waals surface area contributed by atoms with E-state index in [9.17, 15) is 22.8 Å². The zero-order chi connectivity index (χ0) is 17.7. The van der Waals surface area contributed by atoms with Gasteiger partial charge in [-0.05, 0) is 38.3 Å². The number of likely N-dealkylation sites (tertiary alicyclic amines) is 1. The lowest BCUT2D eigenvalue weighted by molar-refractivity contribution is -0.164. The van der Waals surface area contributed by atoms with Crippen LogP contribution in [0.25, 0.3) is 0 Å². The van der Waals surface area contributed by atoms with Gasteiger partial charge in [0.1, 0.15) is 12.6 Å². The Balaban J connectivity index is 2.19. The summed E-state index contributed by atoms with van der Waals surface area (Å²) < 4.78 is 38.0. The normalized spacial score (nSPS) is 18.3. The largest absolute Gasteiger partial charge is 0.406 e. The smallest absolute Gasteiger partial charge is 0.332 e. The Bertz CT molecular complexity index is 578. The lowest BCUT2D eigenvalue weighted by atomic mass is 9.99. The Hall–Kier alpha value is -2.12. The van der Waals surface area contributed by atoms with Crippen molar-refractivity contribution < 1.29 is 22.8 Å². The highest BCUT2D eigenvalue weighted by atomic mass is 19.4. The number of alkyl halides is 3. The molecule has 5 nitrogen and oxygen atoms in total. The number of hydrogen-bond acceptors (Lipinski definition) is 3. The second-order valence-electron chi connectivity index (χ2n) is 5.72. The fourth-order valence-corrected chi connectivity index (χ4v) is 2.86. The number of piperidine rings is 1. The molecule has 1 aliphatic rings. The van der Waals surface area contributed by atoms with Crippen LogP contribution >= 0.6 is 0 Å². The van der Waals surface area contributed by atoms with E-state index in [-0.39, 0.29) is 12.5 Å². The fraction of sp³-hybridized carbons (Fsp3) is 0.562. The maximum Gasteiger partial charge on any atom is 0.406 e. The lowest BCUT2D eigenvalue weighted by Gasteiger charge is -2.37. The van der Waals surface area contributed by atoms with Crippen LogP contribution in [-0.2, 0) is 4.79 Å². The molecule has 1 aromatic rings. The summed E-state index contributed by atoms with van der Waals surface area (Å²) in [7, 11) is 0. The standard InChI is InChI=1S/C16H20F3N3O2/c1-2-21(11-16(17,18)19)15(24)13-7-3-4-9-22(13)14(23)12-6-5-8-20-10-12/h5-6,8,10,13H,2-4,7,9,11H2,1H3/t13-/m0/s1. The Morgan fingerprint density at radius 3 is 2.71 bits per heavy atom. The third-order valence-electron chi connectivity index (χ3n) is 4.02. The molecule has 2 amide bonds. The Morgan fingerprint density at radius 2 is 2.12 bits per heavy atom. The minimum Gasteiger partial charge on any atom is -0.332 e. The number of amides is 2. The molecule has 0 aliphatic carbocycles. The highest BCUT2D eigenvalue weighted by Crippen LogP contribution is 2.23. The zero-order valence-electron chi connectivity index (χ0n) is 13.4. The number of carbonyl (C=O) groups is 2. The highest BCUT2D eigenvalue weighted by molar-refractivity contribution is 5.97. The average molecular weight is 343 g/mol. The molecule has 1 saturated heterocycles. The minimum absolute atomic E-state index is 0.0518. The molecule has 0 N–H and O–H groups in total. The number of likely N-dealkylation sites (N-methyl/N-ethyl adjacent to an activating group) is 1. The Kier molecular flexibility index (Phi) is 5.80. The molecule has 2 rings (SSSR count). The first-order chi connectivity index (χ1) is 11.3. The second kappa shape index (κ2) is 7.63. The molecular weight excluding hydrogens is 323 g/mol. The maximum atomic E-state index is 12.7. The van der Waals surface area contributed by atoms with Gasteiger partial charge in [-0.15, -0.1) is 0 Å². The fourth-order valence-electron chi connectivity index (χ4n) is 2.86. The van der Waals surface area contributed by atoms with E-state index in [1.54, 1.807) is 12.1 Å². The van der Waals surface area contributed by atoms with Gasteiger partial charge in [0.15, 0.2) is 0 Å². The molecule has 0 radical (unpaired) electrons. The topological polar surface area (TPSA) is 53.5 Å². The number of rotatable bonds is 4. The summed E-state index contributed by atoms with van der Waals surface area (Å²) in [4.78, 5) is 31.2. The van der Waals surface area contributed by atoms with Crippen molar-refractivity contribution in [3.05, 3.63) is 30.1 Å². The summed E-state index contributed by atoms with van der Waals surface area (Å²) >= 11 is 0. The highest BCUT2D eigenvalue weighted by Gasteiger charge is 2.39. The van der Waals surface area contributed by atoms with E-state index in [1.165, 1.54) is 24.2 Å². The van der Waals surface area contributed by atoms with Crippen molar-refractivity contribution in [1.29, 1.82) is 0 Å². The molecule has 1 atom stereocenters. The van der Waals surface area contributed by atoms with E-state index in [2.05, 4.69) is 4.98 Å². The zero-order valence-corrected chi connectivity index (χ0v) is 13.4. The van der Waals surface area contributed by atoms with Gasteiger partial charge in [-0.25, -0.2) is 0 Å². The summed E-state index contributed by atoms with van der Waals surface area (Å²) in [6, 6.07) is 2.34. The van der Waals surface area contributed by atoms with Gasteiger partial charge in [-0.3, -0.25) is 14.6 Å². The summed E-state index contributed by atoms with van der Waals surface area (Å²) in [6.45, 7) is 0.505. The monoisotopic (exact) mass is 343 g/mol. The molecule has 2 heterocycles. The molecule has 0 unspecified atom stereocenters. The third kappa shape index (κ3) is 4.46. The number of pyridine rings is 1. The number of aromatic nitrogens is 1. The quantitative estimate of drug-likeness (QED) is 0.844. The van der Waals surface area contributed by atoms with Gasteiger partial charge in [0.05, 0.1) is 5.56 Å². The molecule has 1 aliphatic heterocycles. The summed E-state index contributed by atoms with van der Waals surface area (Å²) in [6.07, 6.45) is 0.263. The Labute approximate surface area is 138 Å². The van der Waals surface area contributed by atoms with Crippen molar-refractivity contribution in [2.24, 2.45) is 0 Å². The molecule has 0 aromatic carbocycles. The van der Waals surface area contributed by atoms with Crippen LogP contribution in [-0.4, -0.2) is 58.5 Å². The summed E-state index contributed by atoms with van der Waals surface area (Å²) in [5.74, 6) is -1.02. The predicted molar refractivity (Wildman–Crippen MR) is 81.2 cm³/mol.